The number of amides is 1. The molecule has 1 aliphatic rings. The molecule has 1 atom stereocenters. The van der Waals surface area contributed by atoms with Crippen molar-refractivity contribution in [3.8, 4) is 0 Å². The Morgan fingerprint density at radius 3 is 2.81 bits per heavy atom. The first-order chi connectivity index (χ1) is 12.5. The van der Waals surface area contributed by atoms with Gasteiger partial charge in [-0.15, -0.1) is 0 Å². The summed E-state index contributed by atoms with van der Waals surface area (Å²) in [7, 11) is 0. The van der Waals surface area contributed by atoms with Crippen molar-refractivity contribution in [2.24, 2.45) is 5.92 Å². The topological polar surface area (TPSA) is 68.4 Å². The molecule has 0 bridgehead atoms. The van der Waals surface area contributed by atoms with Crippen molar-refractivity contribution >= 4 is 17.1 Å². The van der Waals surface area contributed by atoms with Crippen molar-refractivity contribution in [3.63, 3.8) is 0 Å². The van der Waals surface area contributed by atoms with Crippen LogP contribution in [0.5, 0.6) is 0 Å². The quantitative estimate of drug-likeness (QED) is 0.789. The highest BCUT2D eigenvalue weighted by Gasteiger charge is 2.23. The predicted molar refractivity (Wildman–Crippen MR) is 100 cm³/mol. The standard InChI is InChI=1S/C20H22N4O2/c1-13-3-6-15(7-4-13)21-18(25)12-23-9-10-24-19(20(23)26)16-11-14(2)5-8-17(16)22-24/h3-4,6-7,9-10,14H,5,8,11-12H2,1-2H3,(H,21,25)/t14-/m1/s1. The molecule has 6 heteroatoms. The van der Waals surface area contributed by atoms with Crippen LogP contribution in [0.15, 0.2) is 41.5 Å². The number of benzene rings is 1. The van der Waals surface area contributed by atoms with E-state index in [1.54, 1.807) is 16.9 Å². The third-order valence-corrected chi connectivity index (χ3v) is 5.02. The third-order valence-electron chi connectivity index (χ3n) is 5.02. The summed E-state index contributed by atoms with van der Waals surface area (Å²) >= 11 is 0. The van der Waals surface area contributed by atoms with Crippen molar-refractivity contribution < 1.29 is 4.79 Å². The van der Waals surface area contributed by atoms with E-state index in [4.69, 9.17) is 0 Å². The summed E-state index contributed by atoms with van der Waals surface area (Å²) in [6, 6.07) is 7.59. The van der Waals surface area contributed by atoms with Gasteiger partial charge in [-0.1, -0.05) is 24.6 Å². The number of nitrogens with zero attached hydrogens (tertiary/aromatic N) is 3. The summed E-state index contributed by atoms with van der Waals surface area (Å²) in [6.07, 6.45) is 6.27. The van der Waals surface area contributed by atoms with Crippen molar-refractivity contribution in [2.75, 3.05) is 5.32 Å². The van der Waals surface area contributed by atoms with Gasteiger partial charge in [-0.2, -0.15) is 5.10 Å². The summed E-state index contributed by atoms with van der Waals surface area (Å²) in [6.45, 7) is 4.18. The molecule has 0 fully saturated rings. The average Bonchev–Trinajstić information content (AvgIpc) is 2.98. The summed E-state index contributed by atoms with van der Waals surface area (Å²) in [4.78, 5) is 25.3. The highest BCUT2D eigenvalue weighted by atomic mass is 16.2. The van der Waals surface area contributed by atoms with Crippen LogP contribution in [0.1, 0.15) is 30.2 Å². The molecule has 134 valence electrons. The van der Waals surface area contributed by atoms with Crippen LogP contribution in [0.3, 0.4) is 0 Å². The molecule has 2 heterocycles. The Kier molecular flexibility index (Phi) is 4.11. The van der Waals surface area contributed by atoms with Crippen molar-refractivity contribution in [1.82, 2.24) is 14.2 Å². The van der Waals surface area contributed by atoms with Crippen LogP contribution >= 0.6 is 0 Å². The van der Waals surface area contributed by atoms with Crippen molar-refractivity contribution in [1.29, 1.82) is 0 Å². The van der Waals surface area contributed by atoms with E-state index in [1.165, 1.54) is 4.57 Å². The summed E-state index contributed by atoms with van der Waals surface area (Å²) in [5.74, 6) is 0.329. The minimum absolute atomic E-state index is 0.0152. The van der Waals surface area contributed by atoms with Crippen LogP contribution in [0.2, 0.25) is 0 Å². The molecule has 0 saturated carbocycles. The molecule has 2 aromatic heterocycles. The van der Waals surface area contributed by atoms with Crippen LogP contribution in [0, 0.1) is 12.8 Å². The number of carbonyl (C=O) groups excluding carboxylic acids is 1. The van der Waals surface area contributed by atoms with E-state index in [9.17, 15) is 9.59 Å². The van der Waals surface area contributed by atoms with Crippen LogP contribution in [0.25, 0.3) is 5.52 Å². The number of rotatable bonds is 3. The maximum absolute atomic E-state index is 12.9. The minimum Gasteiger partial charge on any atom is -0.325 e. The van der Waals surface area contributed by atoms with Crippen LogP contribution in [-0.2, 0) is 24.2 Å². The molecule has 1 aromatic carbocycles. The lowest BCUT2D eigenvalue weighted by atomic mass is 9.88. The average molecular weight is 350 g/mol. The van der Waals surface area contributed by atoms with E-state index in [1.807, 2.05) is 31.2 Å². The maximum atomic E-state index is 12.9. The number of nitrogens with one attached hydrogen (secondary N) is 1. The molecule has 3 aromatic rings. The first-order valence-electron chi connectivity index (χ1n) is 8.97. The fourth-order valence-electron chi connectivity index (χ4n) is 3.56. The summed E-state index contributed by atoms with van der Waals surface area (Å²) < 4.78 is 3.12. The second kappa shape index (κ2) is 6.44. The monoisotopic (exact) mass is 350 g/mol. The first-order valence-corrected chi connectivity index (χ1v) is 8.97. The SMILES string of the molecule is Cc1ccc(NC(=O)Cn2ccn3nc4c(c3c2=O)C[C@H](C)CC4)cc1. The summed E-state index contributed by atoms with van der Waals surface area (Å²) in [5.41, 5.74) is 4.37. The normalized spacial score (nSPS) is 16.5. The Hall–Kier alpha value is -2.89. The molecule has 26 heavy (non-hydrogen) atoms. The zero-order valence-corrected chi connectivity index (χ0v) is 15.0. The number of fused-ring (bicyclic) bond motifs is 3. The molecule has 6 nitrogen and oxygen atoms in total. The lowest BCUT2D eigenvalue weighted by Gasteiger charge is -2.16. The molecule has 1 N–H and O–H groups in total. The van der Waals surface area contributed by atoms with E-state index < -0.39 is 0 Å². The number of hydrogen-bond acceptors (Lipinski definition) is 3. The number of hydrogen-bond donors (Lipinski definition) is 1. The van der Waals surface area contributed by atoms with Gasteiger partial charge in [0.2, 0.25) is 5.91 Å². The maximum Gasteiger partial charge on any atom is 0.277 e. The predicted octanol–water partition coefficient (Wildman–Crippen LogP) is 2.57. The van der Waals surface area contributed by atoms with Gasteiger partial charge >= 0.3 is 0 Å². The molecule has 0 saturated heterocycles. The Morgan fingerprint density at radius 2 is 2.04 bits per heavy atom. The van der Waals surface area contributed by atoms with Gasteiger partial charge in [-0.05, 0) is 44.2 Å². The van der Waals surface area contributed by atoms with Crippen molar-refractivity contribution in [3.05, 3.63) is 63.8 Å². The Morgan fingerprint density at radius 1 is 1.27 bits per heavy atom. The fraction of sp³-hybridized carbons (Fsp3) is 0.350. The second-order valence-corrected chi connectivity index (χ2v) is 7.21. The van der Waals surface area contributed by atoms with E-state index in [0.29, 0.717) is 11.4 Å². The molecule has 1 amide bonds. The fourth-order valence-corrected chi connectivity index (χ4v) is 3.56. The third kappa shape index (κ3) is 3.03. The zero-order chi connectivity index (χ0) is 18.3. The lowest BCUT2D eigenvalue weighted by molar-refractivity contribution is -0.116. The van der Waals surface area contributed by atoms with Gasteiger partial charge in [0.1, 0.15) is 12.1 Å². The van der Waals surface area contributed by atoms with E-state index in [2.05, 4.69) is 17.3 Å². The molecule has 0 aliphatic heterocycles. The zero-order valence-electron chi connectivity index (χ0n) is 15.0. The molecular formula is C20H22N4O2. The highest BCUT2D eigenvalue weighted by Crippen LogP contribution is 2.26. The molecule has 1 aliphatic carbocycles. The molecule has 0 spiro atoms. The lowest BCUT2D eigenvalue weighted by Crippen LogP contribution is -2.28. The Balaban J connectivity index is 1.61. The molecular weight excluding hydrogens is 328 g/mol. The largest absolute Gasteiger partial charge is 0.325 e. The van der Waals surface area contributed by atoms with Crippen LogP contribution < -0.4 is 10.9 Å². The van der Waals surface area contributed by atoms with E-state index in [0.717, 1.165) is 41.8 Å². The van der Waals surface area contributed by atoms with Gasteiger partial charge in [-0.25, -0.2) is 4.52 Å². The number of carbonyl (C=O) groups is 1. The van der Waals surface area contributed by atoms with Crippen LogP contribution in [0.4, 0.5) is 5.69 Å². The van der Waals surface area contributed by atoms with Gasteiger partial charge in [0.25, 0.3) is 5.56 Å². The van der Waals surface area contributed by atoms with Gasteiger partial charge in [0.05, 0.1) is 5.69 Å². The van der Waals surface area contributed by atoms with Crippen LogP contribution in [-0.4, -0.2) is 20.1 Å². The second-order valence-electron chi connectivity index (χ2n) is 7.21. The van der Waals surface area contributed by atoms with E-state index >= 15 is 0 Å². The van der Waals surface area contributed by atoms with Crippen molar-refractivity contribution in [2.45, 2.75) is 39.7 Å². The molecule has 0 radical (unpaired) electrons. The molecule has 0 unspecified atom stereocenters. The number of aryl methyl sites for hydroxylation is 2. The number of anilines is 1. The van der Waals surface area contributed by atoms with E-state index in [-0.39, 0.29) is 18.0 Å². The first kappa shape index (κ1) is 16.6. The highest BCUT2D eigenvalue weighted by molar-refractivity contribution is 5.90. The molecule has 4 rings (SSSR count). The Labute approximate surface area is 151 Å². The van der Waals surface area contributed by atoms with Gasteiger partial charge < -0.3 is 9.88 Å². The summed E-state index contributed by atoms with van der Waals surface area (Å²) in [5, 5.41) is 7.38. The smallest absolute Gasteiger partial charge is 0.277 e. The van der Waals surface area contributed by atoms with Gasteiger partial charge in [-0.3, -0.25) is 9.59 Å². The van der Waals surface area contributed by atoms with Gasteiger partial charge in [0.15, 0.2) is 0 Å². The minimum atomic E-state index is -0.220. The Bertz CT molecular complexity index is 1030. The number of aromatic nitrogens is 3. The van der Waals surface area contributed by atoms with Gasteiger partial charge in [0, 0.05) is 23.6 Å².